The van der Waals surface area contributed by atoms with Crippen LogP contribution in [0.1, 0.15) is 11.6 Å². The predicted octanol–water partition coefficient (Wildman–Crippen LogP) is 6.00. The number of pyridine rings is 1. The molecule has 0 unspecified atom stereocenters. The predicted molar refractivity (Wildman–Crippen MR) is 142 cm³/mol. The molecule has 0 fully saturated rings. The number of hydrogen-bond donors (Lipinski definition) is 1. The van der Waals surface area contributed by atoms with Crippen LogP contribution < -0.4 is 5.32 Å². The van der Waals surface area contributed by atoms with Crippen LogP contribution in [-0.4, -0.2) is 34.5 Å². The topological polar surface area (TPSA) is 86.3 Å². The number of aryl methyl sites for hydroxylation is 2. The maximum Gasteiger partial charge on any atom is 0.210 e. The van der Waals surface area contributed by atoms with E-state index in [1.165, 1.54) is 0 Å². The fourth-order valence-electron chi connectivity index (χ4n) is 4.09. The molecule has 36 heavy (non-hydrogen) atoms. The Kier molecular flexibility index (Phi) is 5.59. The second-order valence-corrected chi connectivity index (χ2v) is 9.11. The van der Waals surface area contributed by atoms with Crippen molar-refractivity contribution < 1.29 is 0 Å². The Morgan fingerprint density at radius 3 is 2.39 bits per heavy atom. The zero-order valence-electron chi connectivity index (χ0n) is 19.7. The number of benzene rings is 2. The van der Waals surface area contributed by atoms with Crippen molar-refractivity contribution in [3.63, 3.8) is 0 Å². The highest BCUT2D eigenvalue weighted by Crippen LogP contribution is 2.33. The summed E-state index contributed by atoms with van der Waals surface area (Å²) in [6.45, 7) is 3.84. The van der Waals surface area contributed by atoms with E-state index in [1.54, 1.807) is 23.7 Å². The number of anilines is 2. The Bertz CT molecular complexity index is 1620. The quantitative estimate of drug-likeness (QED) is 0.308. The molecule has 0 spiro atoms. The second kappa shape index (κ2) is 9.20. The first kappa shape index (κ1) is 21.9. The van der Waals surface area contributed by atoms with Crippen LogP contribution in [0.25, 0.3) is 33.2 Å². The molecule has 1 N–H and O–H groups in total. The molecule has 176 valence electrons. The average molecular weight is 491 g/mol. The van der Waals surface area contributed by atoms with Gasteiger partial charge in [-0.05, 0) is 55.8 Å². The number of nitrogens with one attached hydrogen (secondary N) is 1. The summed E-state index contributed by atoms with van der Waals surface area (Å²) in [7, 11) is 0. The van der Waals surface area contributed by atoms with Crippen LogP contribution >= 0.6 is 11.3 Å². The molecule has 0 aliphatic carbocycles. The van der Waals surface area contributed by atoms with E-state index < -0.39 is 0 Å². The van der Waals surface area contributed by atoms with Gasteiger partial charge in [-0.2, -0.15) is 10.2 Å². The summed E-state index contributed by atoms with van der Waals surface area (Å²) < 4.78 is 3.67. The lowest BCUT2D eigenvalue weighted by molar-refractivity contribution is 0.831. The third-order valence-electron chi connectivity index (χ3n) is 5.71. The van der Waals surface area contributed by atoms with Gasteiger partial charge < -0.3 is 5.32 Å². The minimum Gasteiger partial charge on any atom is -0.340 e. The molecule has 9 heteroatoms. The highest BCUT2D eigenvalue weighted by Gasteiger charge is 2.16. The first-order valence-corrected chi connectivity index (χ1v) is 12.3. The van der Waals surface area contributed by atoms with Crippen molar-refractivity contribution in [1.29, 1.82) is 0 Å². The summed E-state index contributed by atoms with van der Waals surface area (Å²) in [6, 6.07) is 22.3. The molecule has 0 aliphatic heterocycles. The van der Waals surface area contributed by atoms with Crippen LogP contribution in [0.2, 0.25) is 0 Å². The van der Waals surface area contributed by atoms with Crippen LogP contribution in [0.4, 0.5) is 11.5 Å². The van der Waals surface area contributed by atoms with Gasteiger partial charge in [0.25, 0.3) is 0 Å². The summed E-state index contributed by atoms with van der Waals surface area (Å²) in [5.74, 6) is 2.34. The third kappa shape index (κ3) is 4.27. The van der Waals surface area contributed by atoms with Gasteiger partial charge in [-0.25, -0.2) is 24.3 Å². The van der Waals surface area contributed by atoms with Crippen LogP contribution in [0.15, 0.2) is 90.7 Å². The molecule has 0 aliphatic rings. The average Bonchev–Trinajstić information content (AvgIpc) is 3.65. The van der Waals surface area contributed by atoms with Crippen LogP contribution in [0.5, 0.6) is 0 Å². The molecule has 0 radical (unpaired) electrons. The summed E-state index contributed by atoms with van der Waals surface area (Å²) >= 11 is 1.55. The Morgan fingerprint density at radius 1 is 0.833 bits per heavy atom. The molecule has 0 bridgehead atoms. The number of aromatic nitrogens is 7. The van der Waals surface area contributed by atoms with E-state index in [4.69, 9.17) is 5.10 Å². The van der Waals surface area contributed by atoms with Gasteiger partial charge in [-0.1, -0.05) is 30.3 Å². The molecule has 6 rings (SSSR count). The van der Waals surface area contributed by atoms with Crippen molar-refractivity contribution >= 4 is 22.8 Å². The Balaban J connectivity index is 1.32. The molecule has 2 aromatic carbocycles. The Labute approximate surface area is 212 Å². The van der Waals surface area contributed by atoms with E-state index in [-0.39, 0.29) is 0 Å². The lowest BCUT2D eigenvalue weighted by atomic mass is 10.0. The zero-order valence-corrected chi connectivity index (χ0v) is 20.5. The standard InChI is InChI=1S/C27H22N8S/c1-18-30-19(2)35(32-18)23-10-8-22(9-11-23)31-25-16-21(12-13-28-25)26-24(20-6-4-3-5-7-20)17-34(33-26)27-29-14-15-36-27/h3-17H,1-2H3,(H,28,31). The minimum atomic E-state index is 0.732. The van der Waals surface area contributed by atoms with Crippen molar-refractivity contribution in [3.8, 4) is 33.2 Å². The second-order valence-electron chi connectivity index (χ2n) is 8.24. The first-order valence-electron chi connectivity index (χ1n) is 11.4. The smallest absolute Gasteiger partial charge is 0.210 e. The molecular weight excluding hydrogens is 468 g/mol. The highest BCUT2D eigenvalue weighted by atomic mass is 32.1. The molecule has 0 amide bonds. The van der Waals surface area contributed by atoms with E-state index >= 15 is 0 Å². The van der Waals surface area contributed by atoms with Crippen molar-refractivity contribution in [2.24, 2.45) is 0 Å². The van der Waals surface area contributed by atoms with E-state index in [0.717, 1.165) is 56.4 Å². The Morgan fingerprint density at radius 2 is 1.67 bits per heavy atom. The monoisotopic (exact) mass is 490 g/mol. The van der Waals surface area contributed by atoms with Crippen molar-refractivity contribution in [3.05, 3.63) is 102 Å². The maximum atomic E-state index is 4.90. The van der Waals surface area contributed by atoms with Gasteiger partial charge in [-0.15, -0.1) is 11.3 Å². The van der Waals surface area contributed by atoms with Gasteiger partial charge in [0, 0.05) is 40.8 Å². The molecule has 6 aromatic rings. The summed E-state index contributed by atoms with van der Waals surface area (Å²) in [5, 5.41) is 15.5. The van der Waals surface area contributed by atoms with Crippen LogP contribution in [0, 0.1) is 13.8 Å². The maximum absolute atomic E-state index is 4.90. The summed E-state index contributed by atoms with van der Waals surface area (Å²) in [6.07, 6.45) is 5.61. The van der Waals surface area contributed by atoms with Crippen molar-refractivity contribution in [1.82, 2.24) is 34.5 Å². The molecule has 0 saturated carbocycles. The molecule has 4 aromatic heterocycles. The summed E-state index contributed by atoms with van der Waals surface area (Å²) in [5.41, 5.74) is 5.85. The minimum absolute atomic E-state index is 0.732. The molecule has 4 heterocycles. The van der Waals surface area contributed by atoms with Crippen molar-refractivity contribution in [2.45, 2.75) is 13.8 Å². The van der Waals surface area contributed by atoms with Gasteiger partial charge >= 0.3 is 0 Å². The Hall–Kier alpha value is -4.63. The third-order valence-corrected chi connectivity index (χ3v) is 6.47. The number of thiazole rings is 1. The fraction of sp³-hybridized carbons (Fsp3) is 0.0741. The molecule has 0 atom stereocenters. The first-order chi connectivity index (χ1) is 17.6. The van der Waals surface area contributed by atoms with E-state index in [0.29, 0.717) is 0 Å². The van der Waals surface area contributed by atoms with E-state index in [2.05, 4.69) is 37.5 Å². The fourth-order valence-corrected chi connectivity index (χ4v) is 4.66. The number of rotatable bonds is 6. The van der Waals surface area contributed by atoms with Gasteiger partial charge in [0.1, 0.15) is 23.2 Å². The summed E-state index contributed by atoms with van der Waals surface area (Å²) in [4.78, 5) is 13.3. The molecule has 0 saturated heterocycles. The van der Waals surface area contributed by atoms with Gasteiger partial charge in [0.05, 0.1) is 5.69 Å². The van der Waals surface area contributed by atoms with E-state index in [9.17, 15) is 0 Å². The van der Waals surface area contributed by atoms with Gasteiger partial charge in [-0.3, -0.25) is 0 Å². The molecule has 8 nitrogen and oxygen atoms in total. The van der Waals surface area contributed by atoms with Gasteiger partial charge in [0.2, 0.25) is 5.13 Å². The largest absolute Gasteiger partial charge is 0.340 e. The van der Waals surface area contributed by atoms with E-state index in [1.807, 2.05) is 89.4 Å². The van der Waals surface area contributed by atoms with Crippen LogP contribution in [0.3, 0.4) is 0 Å². The zero-order chi connectivity index (χ0) is 24.5. The lowest BCUT2D eigenvalue weighted by Crippen LogP contribution is -2.00. The van der Waals surface area contributed by atoms with Crippen molar-refractivity contribution in [2.75, 3.05) is 5.32 Å². The van der Waals surface area contributed by atoms with Crippen LogP contribution in [-0.2, 0) is 0 Å². The number of nitrogens with zero attached hydrogens (tertiary/aromatic N) is 7. The lowest BCUT2D eigenvalue weighted by Gasteiger charge is -2.09. The highest BCUT2D eigenvalue weighted by molar-refractivity contribution is 7.12. The number of hydrogen-bond acceptors (Lipinski definition) is 7. The SMILES string of the molecule is Cc1nc(C)n(-c2ccc(Nc3cc(-c4nn(-c5nccs5)cc4-c4ccccc4)ccn3)cc2)n1. The van der Waals surface area contributed by atoms with Gasteiger partial charge in [0.15, 0.2) is 0 Å². The normalized spacial score (nSPS) is 11.1. The molecular formula is C27H22N8S.